The SMILES string of the molecule is C=CCC(Sc1nc(C)cc(C)n1)c1ccccc1. The number of rotatable bonds is 5. The molecule has 0 radical (unpaired) electrons. The highest BCUT2D eigenvalue weighted by molar-refractivity contribution is 7.99. The summed E-state index contributed by atoms with van der Waals surface area (Å²) in [5.74, 6) is 0. The van der Waals surface area contributed by atoms with Gasteiger partial charge in [-0.25, -0.2) is 9.97 Å². The molecule has 3 heteroatoms. The Bertz CT molecular complexity index is 532. The predicted molar refractivity (Wildman–Crippen MR) is 81.4 cm³/mol. The van der Waals surface area contributed by atoms with E-state index < -0.39 is 0 Å². The fourth-order valence-corrected chi connectivity index (χ4v) is 3.12. The van der Waals surface area contributed by atoms with Gasteiger partial charge in [-0.15, -0.1) is 6.58 Å². The zero-order chi connectivity index (χ0) is 13.7. The molecule has 1 heterocycles. The highest BCUT2D eigenvalue weighted by Crippen LogP contribution is 2.36. The van der Waals surface area contributed by atoms with Crippen molar-refractivity contribution >= 4 is 11.8 Å². The first-order chi connectivity index (χ1) is 9.19. The van der Waals surface area contributed by atoms with Crippen LogP contribution in [0.5, 0.6) is 0 Å². The maximum Gasteiger partial charge on any atom is 0.188 e. The van der Waals surface area contributed by atoms with Gasteiger partial charge in [-0.1, -0.05) is 48.2 Å². The lowest BCUT2D eigenvalue weighted by Crippen LogP contribution is -1.98. The van der Waals surface area contributed by atoms with Crippen molar-refractivity contribution in [3.8, 4) is 0 Å². The Hall–Kier alpha value is -1.61. The number of nitrogens with zero attached hydrogens (tertiary/aromatic N) is 2. The third-order valence-corrected chi connectivity index (χ3v) is 3.90. The van der Waals surface area contributed by atoms with Crippen molar-refractivity contribution in [1.82, 2.24) is 9.97 Å². The molecule has 2 nitrogen and oxygen atoms in total. The lowest BCUT2D eigenvalue weighted by atomic mass is 10.1. The summed E-state index contributed by atoms with van der Waals surface area (Å²) >= 11 is 1.70. The van der Waals surface area contributed by atoms with Gasteiger partial charge in [0.25, 0.3) is 0 Å². The summed E-state index contributed by atoms with van der Waals surface area (Å²) in [5.41, 5.74) is 3.32. The minimum atomic E-state index is 0.319. The van der Waals surface area contributed by atoms with E-state index in [9.17, 15) is 0 Å². The largest absolute Gasteiger partial charge is 0.228 e. The van der Waals surface area contributed by atoms with Crippen molar-refractivity contribution in [3.63, 3.8) is 0 Å². The number of allylic oxidation sites excluding steroid dienone is 1. The maximum atomic E-state index is 4.50. The molecular formula is C16H18N2S. The molecular weight excluding hydrogens is 252 g/mol. The molecule has 0 spiro atoms. The summed E-state index contributed by atoms with van der Waals surface area (Å²) in [4.78, 5) is 9.00. The molecule has 2 aromatic rings. The second-order valence-electron chi connectivity index (χ2n) is 4.47. The minimum Gasteiger partial charge on any atom is -0.228 e. The third-order valence-electron chi connectivity index (χ3n) is 2.76. The van der Waals surface area contributed by atoms with Crippen molar-refractivity contribution in [2.24, 2.45) is 0 Å². The molecule has 1 unspecified atom stereocenters. The highest BCUT2D eigenvalue weighted by atomic mass is 32.2. The molecule has 1 atom stereocenters. The van der Waals surface area contributed by atoms with Gasteiger partial charge in [-0.3, -0.25) is 0 Å². The van der Waals surface area contributed by atoms with Crippen LogP contribution < -0.4 is 0 Å². The normalized spacial score (nSPS) is 12.1. The molecule has 0 aliphatic carbocycles. The van der Waals surface area contributed by atoms with Crippen LogP contribution in [0.1, 0.15) is 28.6 Å². The molecule has 0 aliphatic heterocycles. The van der Waals surface area contributed by atoms with Crippen LogP contribution in [0.4, 0.5) is 0 Å². The summed E-state index contributed by atoms with van der Waals surface area (Å²) in [6.45, 7) is 7.86. The Kier molecular flexibility index (Phi) is 4.74. The van der Waals surface area contributed by atoms with Crippen LogP contribution in [0.25, 0.3) is 0 Å². The van der Waals surface area contributed by atoms with Crippen molar-refractivity contribution in [3.05, 3.63) is 66.0 Å². The van der Waals surface area contributed by atoms with Gasteiger partial charge in [-0.05, 0) is 31.9 Å². The molecule has 2 rings (SSSR count). The molecule has 0 fully saturated rings. The van der Waals surface area contributed by atoms with Crippen molar-refractivity contribution < 1.29 is 0 Å². The van der Waals surface area contributed by atoms with Gasteiger partial charge in [0.05, 0.1) is 0 Å². The summed E-state index contributed by atoms with van der Waals surface area (Å²) < 4.78 is 0. The Balaban J connectivity index is 2.23. The predicted octanol–water partition coefficient (Wildman–Crippen LogP) is 4.50. The first kappa shape index (κ1) is 13.8. The molecule has 0 N–H and O–H groups in total. The van der Waals surface area contributed by atoms with Crippen LogP contribution in [0.3, 0.4) is 0 Å². The van der Waals surface area contributed by atoms with Gasteiger partial charge in [-0.2, -0.15) is 0 Å². The maximum absolute atomic E-state index is 4.50. The van der Waals surface area contributed by atoms with E-state index >= 15 is 0 Å². The monoisotopic (exact) mass is 270 g/mol. The molecule has 0 bridgehead atoms. The zero-order valence-electron chi connectivity index (χ0n) is 11.3. The van der Waals surface area contributed by atoms with Gasteiger partial charge in [0.1, 0.15) is 0 Å². The molecule has 0 aliphatic rings. The number of aryl methyl sites for hydroxylation is 2. The van der Waals surface area contributed by atoms with Crippen LogP contribution in [-0.4, -0.2) is 9.97 Å². The van der Waals surface area contributed by atoms with Crippen molar-refractivity contribution in [2.45, 2.75) is 30.7 Å². The van der Waals surface area contributed by atoms with Gasteiger partial charge in [0.15, 0.2) is 5.16 Å². The number of aromatic nitrogens is 2. The Morgan fingerprint density at radius 3 is 2.37 bits per heavy atom. The molecule has 1 aromatic carbocycles. The second kappa shape index (κ2) is 6.53. The Morgan fingerprint density at radius 1 is 1.16 bits per heavy atom. The van der Waals surface area contributed by atoms with E-state index in [0.29, 0.717) is 5.25 Å². The van der Waals surface area contributed by atoms with E-state index in [2.05, 4.69) is 40.8 Å². The molecule has 19 heavy (non-hydrogen) atoms. The lowest BCUT2D eigenvalue weighted by molar-refractivity contribution is 0.882. The number of thioether (sulfide) groups is 1. The number of hydrogen-bond acceptors (Lipinski definition) is 3. The lowest BCUT2D eigenvalue weighted by Gasteiger charge is -2.14. The van der Waals surface area contributed by atoms with E-state index in [1.54, 1.807) is 11.8 Å². The first-order valence-electron chi connectivity index (χ1n) is 6.34. The van der Waals surface area contributed by atoms with E-state index in [4.69, 9.17) is 0 Å². The summed E-state index contributed by atoms with van der Waals surface area (Å²) in [7, 11) is 0. The quantitative estimate of drug-likeness (QED) is 0.454. The first-order valence-corrected chi connectivity index (χ1v) is 7.22. The zero-order valence-corrected chi connectivity index (χ0v) is 12.2. The van der Waals surface area contributed by atoms with Crippen LogP contribution in [-0.2, 0) is 0 Å². The molecule has 0 amide bonds. The molecule has 0 saturated carbocycles. The fourth-order valence-electron chi connectivity index (χ4n) is 1.94. The van der Waals surface area contributed by atoms with Gasteiger partial charge in [0.2, 0.25) is 0 Å². The second-order valence-corrected chi connectivity index (χ2v) is 5.64. The van der Waals surface area contributed by atoms with Crippen molar-refractivity contribution in [1.29, 1.82) is 0 Å². The molecule has 98 valence electrons. The number of hydrogen-bond donors (Lipinski definition) is 0. The fraction of sp³-hybridized carbons (Fsp3) is 0.250. The van der Waals surface area contributed by atoms with Gasteiger partial charge >= 0.3 is 0 Å². The van der Waals surface area contributed by atoms with E-state index in [-0.39, 0.29) is 0 Å². The Morgan fingerprint density at radius 2 is 1.79 bits per heavy atom. The average molecular weight is 270 g/mol. The van der Waals surface area contributed by atoms with Crippen LogP contribution in [0, 0.1) is 13.8 Å². The van der Waals surface area contributed by atoms with Gasteiger partial charge in [0, 0.05) is 16.6 Å². The standard InChI is InChI=1S/C16H18N2S/c1-4-8-15(14-9-6-5-7-10-14)19-16-17-12(2)11-13(3)18-16/h4-7,9-11,15H,1,8H2,2-3H3. The van der Waals surface area contributed by atoms with Crippen LogP contribution in [0.2, 0.25) is 0 Å². The average Bonchev–Trinajstić information content (AvgIpc) is 2.38. The highest BCUT2D eigenvalue weighted by Gasteiger charge is 2.13. The molecule has 0 saturated heterocycles. The van der Waals surface area contributed by atoms with E-state index in [1.807, 2.05) is 32.1 Å². The van der Waals surface area contributed by atoms with Crippen LogP contribution in [0.15, 0.2) is 54.2 Å². The third kappa shape index (κ3) is 3.93. The van der Waals surface area contributed by atoms with Crippen molar-refractivity contribution in [2.75, 3.05) is 0 Å². The Labute approximate surface area is 119 Å². The smallest absolute Gasteiger partial charge is 0.188 e. The van der Waals surface area contributed by atoms with E-state index in [1.165, 1.54) is 5.56 Å². The van der Waals surface area contributed by atoms with Gasteiger partial charge < -0.3 is 0 Å². The summed E-state index contributed by atoms with van der Waals surface area (Å²) in [6.07, 6.45) is 2.86. The number of benzene rings is 1. The summed E-state index contributed by atoms with van der Waals surface area (Å²) in [6, 6.07) is 12.4. The summed E-state index contributed by atoms with van der Waals surface area (Å²) in [5, 5.41) is 1.16. The van der Waals surface area contributed by atoms with E-state index in [0.717, 1.165) is 23.0 Å². The minimum absolute atomic E-state index is 0.319. The van der Waals surface area contributed by atoms with Crippen LogP contribution >= 0.6 is 11.8 Å². The topological polar surface area (TPSA) is 25.8 Å². The molecule has 1 aromatic heterocycles.